The van der Waals surface area contributed by atoms with Gasteiger partial charge in [0.2, 0.25) is 0 Å². The summed E-state index contributed by atoms with van der Waals surface area (Å²) < 4.78 is 1.05. The summed E-state index contributed by atoms with van der Waals surface area (Å²) in [4.78, 5) is 17.1. The highest BCUT2D eigenvalue weighted by atomic mass is 79.9. The molecule has 0 saturated carbocycles. The van der Waals surface area contributed by atoms with Crippen LogP contribution in [0.5, 0.6) is 0 Å². The first kappa shape index (κ1) is 16.3. The maximum atomic E-state index is 11.5. The molecule has 1 aromatic heterocycles. The number of nitrogens with one attached hydrogen (secondary N) is 3. The summed E-state index contributed by atoms with van der Waals surface area (Å²) in [5.74, 6) is 0.580. The topological polar surface area (TPSA) is 60.7 Å². The van der Waals surface area contributed by atoms with E-state index in [0.717, 1.165) is 41.3 Å². The molecule has 0 saturated heterocycles. The summed E-state index contributed by atoms with van der Waals surface area (Å²) in [7, 11) is 0. The number of imidazole rings is 1. The molecule has 21 heavy (non-hydrogen) atoms. The highest BCUT2D eigenvalue weighted by Crippen LogP contribution is 2.34. The van der Waals surface area contributed by atoms with Crippen LogP contribution in [0.1, 0.15) is 51.6 Å². The molecule has 3 N–H and O–H groups in total. The number of rotatable bonds is 7. The van der Waals surface area contributed by atoms with Gasteiger partial charge in [-0.1, -0.05) is 49.5 Å². The molecule has 0 fully saturated rings. The van der Waals surface area contributed by atoms with Gasteiger partial charge in [-0.05, 0) is 36.6 Å². The third-order valence-electron chi connectivity index (χ3n) is 4.10. The van der Waals surface area contributed by atoms with E-state index < -0.39 is 0 Å². The first-order valence-corrected chi connectivity index (χ1v) is 8.54. The minimum Gasteiger partial charge on any atom is -0.310 e. The predicted octanol–water partition coefficient (Wildman–Crippen LogP) is 4.10. The Hall–Kier alpha value is -1.07. The summed E-state index contributed by atoms with van der Waals surface area (Å²) in [5.41, 5.74) is 2.77. The Balaban J connectivity index is 2.46. The molecule has 0 aliphatic heterocycles. The van der Waals surface area contributed by atoms with E-state index in [1.807, 2.05) is 6.07 Å². The standard InChI is InChI=1S/C16H24BrN3O/c1-4-7-18-15(10(5-2)6-3)11-8-13-14(9-12(11)17)20-16(21)19-13/h8-10,15,18H,4-7H2,1-3H3,(H2,19,20,21). The van der Waals surface area contributed by atoms with Crippen molar-refractivity contribution in [2.75, 3.05) is 6.54 Å². The van der Waals surface area contributed by atoms with Crippen LogP contribution in [0, 0.1) is 5.92 Å². The average molecular weight is 354 g/mol. The van der Waals surface area contributed by atoms with Gasteiger partial charge in [-0.15, -0.1) is 0 Å². The summed E-state index contributed by atoms with van der Waals surface area (Å²) >= 11 is 3.67. The van der Waals surface area contributed by atoms with E-state index in [1.54, 1.807) is 0 Å². The van der Waals surface area contributed by atoms with Crippen molar-refractivity contribution >= 4 is 27.0 Å². The molecule has 0 spiro atoms. The van der Waals surface area contributed by atoms with Crippen LogP contribution in [-0.2, 0) is 0 Å². The molecule has 1 aromatic carbocycles. The molecule has 116 valence electrons. The third kappa shape index (κ3) is 3.58. The van der Waals surface area contributed by atoms with Gasteiger partial charge in [-0.3, -0.25) is 0 Å². The molecular formula is C16H24BrN3O. The number of halogens is 1. The van der Waals surface area contributed by atoms with Gasteiger partial charge in [0.1, 0.15) is 0 Å². The minimum absolute atomic E-state index is 0.158. The predicted molar refractivity (Wildman–Crippen MR) is 91.7 cm³/mol. The van der Waals surface area contributed by atoms with Crippen molar-refractivity contribution in [1.29, 1.82) is 0 Å². The van der Waals surface area contributed by atoms with E-state index in [2.05, 4.69) is 58.1 Å². The van der Waals surface area contributed by atoms with E-state index in [0.29, 0.717) is 12.0 Å². The minimum atomic E-state index is -0.158. The zero-order valence-corrected chi connectivity index (χ0v) is 14.5. The monoisotopic (exact) mass is 353 g/mol. The largest absolute Gasteiger partial charge is 0.323 e. The Bertz CT molecular complexity index is 642. The number of hydrogen-bond donors (Lipinski definition) is 3. The lowest BCUT2D eigenvalue weighted by Gasteiger charge is -2.28. The number of aromatic amines is 2. The Morgan fingerprint density at radius 1 is 1.14 bits per heavy atom. The van der Waals surface area contributed by atoms with Crippen molar-refractivity contribution in [3.8, 4) is 0 Å². The molecule has 4 nitrogen and oxygen atoms in total. The summed E-state index contributed by atoms with van der Waals surface area (Å²) in [6, 6.07) is 4.38. The van der Waals surface area contributed by atoms with E-state index in [1.165, 1.54) is 5.56 Å². The highest BCUT2D eigenvalue weighted by molar-refractivity contribution is 9.10. The van der Waals surface area contributed by atoms with Gasteiger partial charge in [0, 0.05) is 10.5 Å². The lowest BCUT2D eigenvalue weighted by Crippen LogP contribution is -2.29. The Kier molecular flexibility index (Phi) is 5.65. The number of fused-ring (bicyclic) bond motifs is 1. The van der Waals surface area contributed by atoms with Gasteiger partial charge in [-0.2, -0.15) is 0 Å². The van der Waals surface area contributed by atoms with E-state index in [-0.39, 0.29) is 5.69 Å². The molecule has 0 amide bonds. The molecule has 0 aliphatic carbocycles. The smallest absolute Gasteiger partial charge is 0.310 e. The zero-order chi connectivity index (χ0) is 15.4. The average Bonchev–Trinajstić information content (AvgIpc) is 2.82. The van der Waals surface area contributed by atoms with E-state index >= 15 is 0 Å². The van der Waals surface area contributed by atoms with Gasteiger partial charge in [0.05, 0.1) is 11.0 Å². The fourth-order valence-corrected chi connectivity index (χ4v) is 3.49. The van der Waals surface area contributed by atoms with Crippen LogP contribution in [0.2, 0.25) is 0 Å². The van der Waals surface area contributed by atoms with Gasteiger partial charge < -0.3 is 15.3 Å². The Labute approximate surface area is 133 Å². The lowest BCUT2D eigenvalue weighted by molar-refractivity contribution is 0.341. The third-order valence-corrected chi connectivity index (χ3v) is 4.79. The van der Waals surface area contributed by atoms with Crippen molar-refractivity contribution in [1.82, 2.24) is 15.3 Å². The van der Waals surface area contributed by atoms with Crippen molar-refractivity contribution in [3.05, 3.63) is 32.7 Å². The summed E-state index contributed by atoms with van der Waals surface area (Å²) in [6.45, 7) is 7.65. The van der Waals surface area contributed by atoms with Crippen molar-refractivity contribution in [3.63, 3.8) is 0 Å². The lowest BCUT2D eigenvalue weighted by atomic mass is 9.88. The van der Waals surface area contributed by atoms with Crippen LogP contribution in [0.15, 0.2) is 21.4 Å². The first-order chi connectivity index (χ1) is 10.1. The van der Waals surface area contributed by atoms with Crippen molar-refractivity contribution < 1.29 is 0 Å². The van der Waals surface area contributed by atoms with Crippen molar-refractivity contribution in [2.45, 2.75) is 46.1 Å². The number of hydrogen-bond acceptors (Lipinski definition) is 2. The second kappa shape index (κ2) is 7.27. The fourth-order valence-electron chi connectivity index (χ4n) is 2.90. The van der Waals surface area contributed by atoms with Crippen LogP contribution in [0.25, 0.3) is 11.0 Å². The van der Waals surface area contributed by atoms with Crippen LogP contribution in [0.4, 0.5) is 0 Å². The van der Waals surface area contributed by atoms with Crippen LogP contribution in [-0.4, -0.2) is 16.5 Å². The van der Waals surface area contributed by atoms with Gasteiger partial charge >= 0.3 is 5.69 Å². The first-order valence-electron chi connectivity index (χ1n) is 7.75. The molecule has 0 radical (unpaired) electrons. The van der Waals surface area contributed by atoms with Crippen molar-refractivity contribution in [2.24, 2.45) is 5.92 Å². The maximum absolute atomic E-state index is 11.5. The molecule has 2 aromatic rings. The molecule has 1 unspecified atom stereocenters. The van der Waals surface area contributed by atoms with Gasteiger partial charge in [0.15, 0.2) is 0 Å². The fraction of sp³-hybridized carbons (Fsp3) is 0.562. The molecular weight excluding hydrogens is 330 g/mol. The number of aromatic nitrogens is 2. The molecule has 2 rings (SSSR count). The van der Waals surface area contributed by atoms with Crippen LogP contribution >= 0.6 is 15.9 Å². The second-order valence-electron chi connectivity index (χ2n) is 5.51. The normalized spacial score (nSPS) is 13.2. The van der Waals surface area contributed by atoms with Gasteiger partial charge in [0.25, 0.3) is 0 Å². The second-order valence-corrected chi connectivity index (χ2v) is 6.36. The van der Waals surface area contributed by atoms with E-state index in [4.69, 9.17) is 0 Å². The Morgan fingerprint density at radius 2 is 1.76 bits per heavy atom. The quantitative estimate of drug-likeness (QED) is 0.701. The Morgan fingerprint density at radius 3 is 2.33 bits per heavy atom. The highest BCUT2D eigenvalue weighted by Gasteiger charge is 2.22. The van der Waals surface area contributed by atoms with E-state index in [9.17, 15) is 4.79 Å². The molecule has 1 heterocycles. The zero-order valence-electron chi connectivity index (χ0n) is 12.9. The summed E-state index contributed by atoms with van der Waals surface area (Å²) in [5, 5.41) is 3.67. The number of H-pyrrole nitrogens is 2. The molecule has 5 heteroatoms. The molecule has 0 bridgehead atoms. The molecule has 1 atom stereocenters. The van der Waals surface area contributed by atoms with Gasteiger partial charge in [-0.25, -0.2) is 4.79 Å². The summed E-state index contributed by atoms with van der Waals surface area (Å²) in [6.07, 6.45) is 3.37. The number of benzene rings is 1. The SMILES string of the molecule is CCCNC(c1cc2[nH]c(=O)[nH]c2cc1Br)C(CC)CC. The van der Waals surface area contributed by atoms with Crippen LogP contribution in [0.3, 0.4) is 0 Å². The maximum Gasteiger partial charge on any atom is 0.323 e. The van der Waals surface area contributed by atoms with Crippen LogP contribution < -0.4 is 11.0 Å². The molecule has 0 aliphatic rings.